The fraction of sp³-hybridized carbons (Fsp3) is 0.241. The van der Waals surface area contributed by atoms with Gasteiger partial charge in [-0.2, -0.15) is 0 Å². The number of carbonyl (C=O) groups is 1. The molecule has 1 fully saturated rings. The Bertz CT molecular complexity index is 1820. The van der Waals surface area contributed by atoms with Gasteiger partial charge >= 0.3 is 5.97 Å². The van der Waals surface area contributed by atoms with Crippen molar-refractivity contribution < 1.29 is 74.1 Å². The van der Waals surface area contributed by atoms with Gasteiger partial charge in [0.2, 0.25) is 17.5 Å². The van der Waals surface area contributed by atoms with Crippen molar-refractivity contribution in [3.05, 3.63) is 52.2 Å². The Morgan fingerprint density at radius 2 is 1.38 bits per heavy atom. The van der Waals surface area contributed by atoms with Crippen LogP contribution in [0.3, 0.4) is 0 Å². The minimum atomic E-state index is -1.91. The molecule has 0 amide bonds. The Balaban J connectivity index is 1.65. The average Bonchev–Trinajstić information content (AvgIpc) is 2.99. The van der Waals surface area contributed by atoms with E-state index >= 15 is 0 Å². The summed E-state index contributed by atoms with van der Waals surface area (Å²) in [6, 6.07) is 5.68. The molecule has 1 aliphatic heterocycles. The van der Waals surface area contributed by atoms with Crippen molar-refractivity contribution in [3.63, 3.8) is 0 Å². The van der Waals surface area contributed by atoms with E-state index in [1.54, 1.807) is 0 Å². The third kappa shape index (κ3) is 5.48. The first-order chi connectivity index (χ1) is 21.2. The second-order valence-corrected chi connectivity index (χ2v) is 10.0. The number of hydrogen-bond acceptors (Lipinski definition) is 16. The molecule has 1 aliphatic rings. The van der Waals surface area contributed by atoms with E-state index in [1.165, 1.54) is 20.1 Å². The van der Waals surface area contributed by atoms with Gasteiger partial charge in [0.05, 0.1) is 18.8 Å². The predicted molar refractivity (Wildman–Crippen MR) is 149 cm³/mol. The summed E-state index contributed by atoms with van der Waals surface area (Å²) in [6.45, 7) is 1.33. The molecule has 9 N–H and O–H groups in total. The third-order valence-electron chi connectivity index (χ3n) is 7.04. The Morgan fingerprint density at radius 1 is 0.800 bits per heavy atom. The van der Waals surface area contributed by atoms with Crippen molar-refractivity contribution in [2.45, 2.75) is 37.6 Å². The Labute approximate surface area is 251 Å². The number of rotatable bonds is 6. The minimum absolute atomic E-state index is 0.0824. The highest BCUT2D eigenvalue weighted by Gasteiger charge is 2.47. The van der Waals surface area contributed by atoms with Crippen molar-refractivity contribution in [1.82, 2.24) is 0 Å². The van der Waals surface area contributed by atoms with Crippen molar-refractivity contribution in [2.75, 3.05) is 7.11 Å². The van der Waals surface area contributed by atoms with Gasteiger partial charge in [0, 0.05) is 17.7 Å². The van der Waals surface area contributed by atoms with Gasteiger partial charge in [0.1, 0.15) is 34.7 Å². The third-order valence-corrected chi connectivity index (χ3v) is 7.04. The first kappa shape index (κ1) is 30.9. The van der Waals surface area contributed by atoms with Gasteiger partial charge < -0.3 is 69.3 Å². The van der Waals surface area contributed by atoms with Crippen LogP contribution in [0.5, 0.6) is 51.7 Å². The number of aromatic hydroxyl groups is 7. The van der Waals surface area contributed by atoms with Crippen LogP contribution in [0.15, 0.2) is 45.6 Å². The van der Waals surface area contributed by atoms with E-state index in [4.69, 9.17) is 23.4 Å². The summed E-state index contributed by atoms with van der Waals surface area (Å²) in [5, 5.41) is 90.8. The molecule has 1 saturated heterocycles. The number of esters is 1. The van der Waals surface area contributed by atoms with Crippen LogP contribution in [-0.2, 0) is 9.47 Å². The number of phenolic OH excluding ortho intramolecular Hbond substituents is 7. The van der Waals surface area contributed by atoms with Crippen LogP contribution in [0.1, 0.15) is 17.3 Å². The molecular formula is C29H26O16. The monoisotopic (exact) mass is 630 g/mol. The number of phenols is 7. The van der Waals surface area contributed by atoms with Crippen molar-refractivity contribution in [2.24, 2.45) is 0 Å². The van der Waals surface area contributed by atoms with Crippen LogP contribution in [0.4, 0.5) is 0 Å². The maximum Gasteiger partial charge on any atom is 0.339 e. The van der Waals surface area contributed by atoms with Gasteiger partial charge in [-0.15, -0.1) is 0 Å². The van der Waals surface area contributed by atoms with Crippen LogP contribution in [0, 0.1) is 0 Å². The van der Waals surface area contributed by atoms with Gasteiger partial charge in [-0.05, 0) is 31.2 Å². The maximum absolute atomic E-state index is 13.8. The van der Waals surface area contributed by atoms with Crippen molar-refractivity contribution >= 4 is 16.9 Å². The fourth-order valence-corrected chi connectivity index (χ4v) is 4.66. The van der Waals surface area contributed by atoms with E-state index in [2.05, 4.69) is 0 Å². The molecule has 0 aliphatic carbocycles. The molecule has 5 rings (SSSR count). The topological polar surface area (TPSA) is 266 Å². The Kier molecular flexibility index (Phi) is 7.88. The van der Waals surface area contributed by atoms with Gasteiger partial charge in [0.25, 0.3) is 0 Å². The number of aliphatic hydroxyl groups excluding tert-OH is 2. The number of benzene rings is 3. The molecule has 16 nitrogen and oxygen atoms in total. The minimum Gasteiger partial charge on any atom is -0.507 e. The first-order valence-electron chi connectivity index (χ1n) is 13.0. The maximum atomic E-state index is 13.8. The molecule has 1 aromatic heterocycles. The lowest BCUT2D eigenvalue weighted by atomic mass is 9.99. The van der Waals surface area contributed by atoms with Crippen LogP contribution in [-0.4, -0.2) is 89.7 Å². The van der Waals surface area contributed by atoms with E-state index in [-0.39, 0.29) is 16.9 Å². The van der Waals surface area contributed by atoms with E-state index in [0.717, 1.165) is 30.3 Å². The summed E-state index contributed by atoms with van der Waals surface area (Å²) in [7, 11) is 1.29. The summed E-state index contributed by atoms with van der Waals surface area (Å²) < 4.78 is 27.7. The van der Waals surface area contributed by atoms with Crippen molar-refractivity contribution in [1.29, 1.82) is 0 Å². The lowest BCUT2D eigenvalue weighted by molar-refractivity contribution is -0.267. The molecule has 5 atom stereocenters. The molecule has 2 unspecified atom stereocenters. The Hall–Kier alpha value is -5.58. The number of ether oxygens (including phenoxy) is 4. The highest BCUT2D eigenvalue weighted by molar-refractivity contribution is 5.91. The SMILES string of the molecule is COc1cc(O)c2c(=O)c(O[C@@H]3OC(C)[C@H](O)C(O)[C@@H]3OC(=O)c3cc(O)c(O)c(O)c3)c(-c3cc(O)c(O)c(O)c3)oc2c1. The summed E-state index contributed by atoms with van der Waals surface area (Å²) in [5.74, 6) is -8.26. The normalized spacial score (nSPS) is 21.4. The smallest absolute Gasteiger partial charge is 0.339 e. The molecule has 238 valence electrons. The average molecular weight is 631 g/mol. The molecule has 4 aromatic rings. The summed E-state index contributed by atoms with van der Waals surface area (Å²) in [5.41, 5.74) is -2.02. The molecule has 0 bridgehead atoms. The van der Waals surface area contributed by atoms with E-state index < -0.39 is 105 Å². The second kappa shape index (κ2) is 11.5. The summed E-state index contributed by atoms with van der Waals surface area (Å²) in [6.07, 6.45) is -8.54. The molecule has 2 heterocycles. The lowest BCUT2D eigenvalue weighted by Crippen LogP contribution is -2.60. The van der Waals surface area contributed by atoms with Crippen LogP contribution < -0.4 is 14.9 Å². The van der Waals surface area contributed by atoms with Crippen molar-refractivity contribution in [3.8, 4) is 63.1 Å². The van der Waals surface area contributed by atoms with Gasteiger partial charge in [-0.3, -0.25) is 4.79 Å². The number of aliphatic hydroxyl groups is 2. The molecular weight excluding hydrogens is 604 g/mol. The van der Waals surface area contributed by atoms with Gasteiger partial charge in [-0.25, -0.2) is 4.79 Å². The number of hydrogen-bond donors (Lipinski definition) is 9. The number of carbonyl (C=O) groups excluding carboxylic acids is 1. The highest BCUT2D eigenvalue weighted by atomic mass is 16.7. The number of fused-ring (bicyclic) bond motifs is 1. The summed E-state index contributed by atoms with van der Waals surface area (Å²) in [4.78, 5) is 26.8. The van der Waals surface area contributed by atoms with E-state index in [0.29, 0.717) is 0 Å². The predicted octanol–water partition coefficient (Wildman–Crippen LogP) is 1.48. The molecule has 16 heteroatoms. The highest BCUT2D eigenvalue weighted by Crippen LogP contribution is 2.43. The van der Waals surface area contributed by atoms with E-state index in [9.17, 15) is 55.5 Å². The zero-order chi connectivity index (χ0) is 32.9. The second-order valence-electron chi connectivity index (χ2n) is 10.0. The zero-order valence-electron chi connectivity index (χ0n) is 23.2. The molecule has 45 heavy (non-hydrogen) atoms. The number of methoxy groups -OCH3 is 1. The summed E-state index contributed by atoms with van der Waals surface area (Å²) >= 11 is 0. The lowest BCUT2D eigenvalue weighted by Gasteiger charge is -2.40. The van der Waals surface area contributed by atoms with Gasteiger partial charge in [0.15, 0.2) is 46.4 Å². The molecule has 0 radical (unpaired) electrons. The molecule has 3 aromatic carbocycles. The van der Waals surface area contributed by atoms with Gasteiger partial charge in [-0.1, -0.05) is 0 Å². The molecule has 0 saturated carbocycles. The standard InChI is InChI=1S/C29H26O16/c1-9-20(35)24(39)27(44-28(40)11-5-16(33)22(37)17(34)6-11)29(42-9)45-26-23(38)19-13(30)7-12(41-2)8-18(19)43-25(26)10-3-14(31)21(36)15(32)4-10/h3-9,20,24,27,29-37,39H,1-2H3/t9?,20-,24?,27-,29-/m0/s1. The quantitative estimate of drug-likeness (QED) is 0.108. The largest absolute Gasteiger partial charge is 0.507 e. The van der Waals surface area contributed by atoms with E-state index in [1.807, 2.05) is 0 Å². The van der Waals surface area contributed by atoms with Crippen LogP contribution in [0.25, 0.3) is 22.3 Å². The zero-order valence-corrected chi connectivity index (χ0v) is 23.2. The fourth-order valence-electron chi connectivity index (χ4n) is 4.66. The van der Waals surface area contributed by atoms with Crippen LogP contribution >= 0.6 is 0 Å². The molecule has 0 spiro atoms. The first-order valence-corrected chi connectivity index (χ1v) is 13.0. The van der Waals surface area contributed by atoms with Crippen LogP contribution in [0.2, 0.25) is 0 Å². The Morgan fingerprint density at radius 3 is 1.96 bits per heavy atom.